The molecule has 0 radical (unpaired) electrons. The first kappa shape index (κ1) is 13.7. The van der Waals surface area contributed by atoms with E-state index in [0.717, 1.165) is 12.4 Å². The number of carbonyl (C=O) groups excluding carboxylic acids is 1. The Labute approximate surface area is 103 Å². The van der Waals surface area contributed by atoms with E-state index in [1.54, 1.807) is 25.2 Å². The van der Waals surface area contributed by atoms with E-state index < -0.39 is 0 Å². The maximum atomic E-state index is 11.8. The van der Waals surface area contributed by atoms with Crippen LogP contribution in [0.3, 0.4) is 0 Å². The Hall–Kier alpha value is -1.36. The highest BCUT2D eigenvalue weighted by Gasteiger charge is 2.20. The van der Waals surface area contributed by atoms with Crippen LogP contribution in [0.4, 0.5) is 0 Å². The first-order chi connectivity index (χ1) is 7.97. The van der Waals surface area contributed by atoms with Crippen LogP contribution in [0.5, 0.6) is 0 Å². The maximum absolute atomic E-state index is 11.8. The van der Waals surface area contributed by atoms with Gasteiger partial charge >= 0.3 is 0 Å². The second-order valence-electron chi connectivity index (χ2n) is 4.45. The molecule has 96 valence electrons. The maximum Gasteiger partial charge on any atom is 0.239 e. The first-order valence-corrected chi connectivity index (χ1v) is 5.88. The van der Waals surface area contributed by atoms with Crippen LogP contribution in [0.25, 0.3) is 0 Å². The Balaban J connectivity index is 2.66. The van der Waals surface area contributed by atoms with Crippen LogP contribution >= 0.6 is 0 Å². The van der Waals surface area contributed by atoms with Gasteiger partial charge in [-0.2, -0.15) is 0 Å². The van der Waals surface area contributed by atoms with E-state index in [9.17, 15) is 4.79 Å². The Kier molecular flexibility index (Phi) is 4.69. The molecule has 0 bridgehead atoms. The van der Waals surface area contributed by atoms with Gasteiger partial charge in [-0.25, -0.2) is 4.98 Å². The molecule has 0 aliphatic carbocycles. The molecular formula is C12H22N4O. The Bertz CT molecular complexity index is 372. The van der Waals surface area contributed by atoms with Gasteiger partial charge in [0, 0.05) is 33.0 Å². The summed E-state index contributed by atoms with van der Waals surface area (Å²) in [5.41, 5.74) is 0. The number of aryl methyl sites for hydroxylation is 1. The van der Waals surface area contributed by atoms with Gasteiger partial charge in [0.1, 0.15) is 5.82 Å². The van der Waals surface area contributed by atoms with Crippen molar-refractivity contribution < 1.29 is 4.79 Å². The van der Waals surface area contributed by atoms with Crippen LogP contribution in [0.2, 0.25) is 0 Å². The molecule has 1 unspecified atom stereocenters. The van der Waals surface area contributed by atoms with E-state index in [4.69, 9.17) is 0 Å². The highest BCUT2D eigenvalue weighted by Crippen LogP contribution is 2.06. The third-order valence-electron chi connectivity index (χ3n) is 2.99. The standard InChI is InChI=1S/C12H22N4O/c1-6-16-8-7-13-11(16)9-15(5)10(2)12(17)14(3)4/h7-8,10H,6,9H2,1-5H3. The molecule has 0 N–H and O–H groups in total. The minimum atomic E-state index is -0.132. The number of hydrogen-bond donors (Lipinski definition) is 0. The summed E-state index contributed by atoms with van der Waals surface area (Å²) in [6.07, 6.45) is 3.76. The molecule has 0 spiro atoms. The van der Waals surface area contributed by atoms with Crippen molar-refractivity contribution in [1.82, 2.24) is 19.4 Å². The predicted octanol–water partition coefficient (Wildman–Crippen LogP) is 0.811. The lowest BCUT2D eigenvalue weighted by atomic mass is 10.2. The highest BCUT2D eigenvalue weighted by atomic mass is 16.2. The van der Waals surface area contributed by atoms with E-state index >= 15 is 0 Å². The largest absolute Gasteiger partial charge is 0.347 e. The topological polar surface area (TPSA) is 41.4 Å². The van der Waals surface area contributed by atoms with Gasteiger partial charge in [-0.15, -0.1) is 0 Å². The van der Waals surface area contributed by atoms with Crippen molar-refractivity contribution in [3.05, 3.63) is 18.2 Å². The van der Waals surface area contributed by atoms with Gasteiger partial charge in [0.2, 0.25) is 5.91 Å². The smallest absolute Gasteiger partial charge is 0.239 e. The van der Waals surface area contributed by atoms with E-state index in [0.29, 0.717) is 6.54 Å². The average Bonchev–Trinajstić information content (AvgIpc) is 2.73. The summed E-state index contributed by atoms with van der Waals surface area (Å²) in [5.74, 6) is 1.11. The number of rotatable bonds is 5. The zero-order valence-electron chi connectivity index (χ0n) is 11.3. The SMILES string of the molecule is CCn1ccnc1CN(C)C(C)C(=O)N(C)C. The number of nitrogens with zero attached hydrogens (tertiary/aromatic N) is 4. The molecule has 1 heterocycles. The van der Waals surface area contributed by atoms with Crippen LogP contribution in [0, 0.1) is 0 Å². The van der Waals surface area contributed by atoms with Crippen LogP contribution in [0.15, 0.2) is 12.4 Å². The van der Waals surface area contributed by atoms with Crippen molar-refractivity contribution in [3.8, 4) is 0 Å². The summed E-state index contributed by atoms with van der Waals surface area (Å²) in [5, 5.41) is 0. The van der Waals surface area contributed by atoms with Gasteiger partial charge in [0.05, 0.1) is 12.6 Å². The number of likely N-dealkylation sites (N-methyl/N-ethyl adjacent to an activating group) is 2. The number of imidazole rings is 1. The molecular weight excluding hydrogens is 216 g/mol. The molecule has 1 rings (SSSR count). The zero-order valence-corrected chi connectivity index (χ0v) is 11.3. The molecule has 0 aliphatic heterocycles. The molecule has 0 saturated heterocycles. The van der Waals surface area contributed by atoms with Crippen molar-refractivity contribution >= 4 is 5.91 Å². The predicted molar refractivity (Wildman–Crippen MR) is 67.5 cm³/mol. The summed E-state index contributed by atoms with van der Waals surface area (Å²) in [7, 11) is 5.50. The second-order valence-corrected chi connectivity index (χ2v) is 4.45. The Morgan fingerprint density at radius 3 is 2.65 bits per heavy atom. The van der Waals surface area contributed by atoms with E-state index in [-0.39, 0.29) is 11.9 Å². The fourth-order valence-electron chi connectivity index (χ4n) is 1.70. The normalized spacial score (nSPS) is 12.8. The van der Waals surface area contributed by atoms with Crippen molar-refractivity contribution in [2.45, 2.75) is 33.0 Å². The fraction of sp³-hybridized carbons (Fsp3) is 0.667. The summed E-state index contributed by atoms with van der Waals surface area (Å²) in [6.45, 7) is 5.59. The van der Waals surface area contributed by atoms with Gasteiger partial charge in [-0.1, -0.05) is 0 Å². The van der Waals surface area contributed by atoms with Crippen molar-refractivity contribution in [2.24, 2.45) is 0 Å². The van der Waals surface area contributed by atoms with Crippen molar-refractivity contribution in [1.29, 1.82) is 0 Å². The molecule has 5 heteroatoms. The first-order valence-electron chi connectivity index (χ1n) is 5.88. The van der Waals surface area contributed by atoms with E-state index in [1.165, 1.54) is 0 Å². The number of carbonyl (C=O) groups is 1. The van der Waals surface area contributed by atoms with Gasteiger partial charge in [0.25, 0.3) is 0 Å². The van der Waals surface area contributed by atoms with Crippen LogP contribution in [-0.4, -0.2) is 52.4 Å². The van der Waals surface area contributed by atoms with Crippen molar-refractivity contribution in [2.75, 3.05) is 21.1 Å². The fourth-order valence-corrected chi connectivity index (χ4v) is 1.70. The number of aromatic nitrogens is 2. The van der Waals surface area contributed by atoms with Crippen LogP contribution in [-0.2, 0) is 17.9 Å². The molecule has 1 aromatic rings. The molecule has 5 nitrogen and oxygen atoms in total. The van der Waals surface area contributed by atoms with Gasteiger partial charge in [-0.3, -0.25) is 9.69 Å². The summed E-state index contributed by atoms with van der Waals surface area (Å²) < 4.78 is 2.09. The van der Waals surface area contributed by atoms with Gasteiger partial charge < -0.3 is 9.47 Å². The summed E-state index contributed by atoms with van der Waals surface area (Å²) in [6, 6.07) is -0.132. The van der Waals surface area contributed by atoms with Crippen molar-refractivity contribution in [3.63, 3.8) is 0 Å². The van der Waals surface area contributed by atoms with E-state index in [1.807, 2.05) is 25.1 Å². The van der Waals surface area contributed by atoms with Gasteiger partial charge in [-0.05, 0) is 20.9 Å². The Morgan fingerprint density at radius 1 is 1.47 bits per heavy atom. The average molecular weight is 238 g/mol. The quantitative estimate of drug-likeness (QED) is 0.762. The third-order valence-corrected chi connectivity index (χ3v) is 2.99. The molecule has 1 aromatic heterocycles. The lowest BCUT2D eigenvalue weighted by molar-refractivity contribution is -0.133. The second kappa shape index (κ2) is 5.82. The molecule has 17 heavy (non-hydrogen) atoms. The van der Waals surface area contributed by atoms with Gasteiger partial charge in [0.15, 0.2) is 0 Å². The van der Waals surface area contributed by atoms with Crippen LogP contribution < -0.4 is 0 Å². The van der Waals surface area contributed by atoms with Crippen LogP contribution in [0.1, 0.15) is 19.7 Å². The summed E-state index contributed by atoms with van der Waals surface area (Å²) >= 11 is 0. The minimum Gasteiger partial charge on any atom is -0.347 e. The summed E-state index contributed by atoms with van der Waals surface area (Å²) in [4.78, 5) is 19.8. The molecule has 1 amide bonds. The highest BCUT2D eigenvalue weighted by molar-refractivity contribution is 5.80. The molecule has 0 saturated carbocycles. The van der Waals surface area contributed by atoms with E-state index in [2.05, 4.69) is 16.5 Å². The molecule has 0 aromatic carbocycles. The molecule has 0 aliphatic rings. The third kappa shape index (κ3) is 3.30. The Morgan fingerprint density at radius 2 is 2.12 bits per heavy atom. The molecule has 1 atom stereocenters. The molecule has 0 fully saturated rings. The lowest BCUT2D eigenvalue weighted by Crippen LogP contribution is -2.42. The number of hydrogen-bond acceptors (Lipinski definition) is 3. The number of amides is 1. The monoisotopic (exact) mass is 238 g/mol. The lowest BCUT2D eigenvalue weighted by Gasteiger charge is -2.26. The minimum absolute atomic E-state index is 0.113. The zero-order chi connectivity index (χ0) is 13.0.